The minimum absolute atomic E-state index is 0.00413. The molecular weight excluding hydrogens is 417 g/mol. The van der Waals surface area contributed by atoms with Gasteiger partial charge in [-0.15, -0.1) is 5.10 Å². The van der Waals surface area contributed by atoms with Crippen molar-refractivity contribution in [3.63, 3.8) is 0 Å². The number of nitrogen functional groups attached to an aromatic ring is 2. The lowest BCUT2D eigenvalue weighted by atomic mass is 10.2. The summed E-state index contributed by atoms with van der Waals surface area (Å²) >= 11 is 0. The summed E-state index contributed by atoms with van der Waals surface area (Å²) in [6.07, 6.45) is -1.24. The third-order valence-corrected chi connectivity index (χ3v) is 4.68. The molecule has 4 aromatic rings. The quantitative estimate of drug-likeness (QED) is 0.427. The summed E-state index contributed by atoms with van der Waals surface area (Å²) in [4.78, 5) is 21.1. The number of rotatable bonds is 5. The molecule has 0 saturated heterocycles. The Hall–Kier alpha value is -4.41. The molecule has 164 valence electrons. The van der Waals surface area contributed by atoms with Crippen LogP contribution in [-0.4, -0.2) is 37.0 Å². The molecule has 0 aliphatic rings. The van der Waals surface area contributed by atoms with E-state index in [1.165, 1.54) is 16.8 Å². The summed E-state index contributed by atoms with van der Waals surface area (Å²) in [6, 6.07) is 12.6. The van der Waals surface area contributed by atoms with Gasteiger partial charge < -0.3 is 21.3 Å². The molecule has 0 aliphatic carbocycles. The van der Waals surface area contributed by atoms with Crippen LogP contribution in [-0.2, 0) is 0 Å². The van der Waals surface area contributed by atoms with E-state index in [4.69, 9.17) is 16.2 Å². The summed E-state index contributed by atoms with van der Waals surface area (Å²) in [6.45, 7) is 3.35. The predicted octanol–water partition coefficient (Wildman–Crippen LogP) is 3.80. The molecule has 32 heavy (non-hydrogen) atoms. The smallest absolute Gasteiger partial charge is 0.412 e. The zero-order valence-corrected chi connectivity index (χ0v) is 17.2. The summed E-state index contributed by atoms with van der Waals surface area (Å²) < 4.78 is 21.1. The maximum absolute atomic E-state index is 14.1. The fourth-order valence-electron chi connectivity index (χ4n) is 3.29. The van der Waals surface area contributed by atoms with Crippen LogP contribution >= 0.6 is 0 Å². The molecule has 0 aliphatic heterocycles. The van der Waals surface area contributed by atoms with Crippen molar-refractivity contribution < 1.29 is 19.0 Å². The Kier molecular flexibility index (Phi) is 5.23. The molecule has 2 aromatic heterocycles. The molecule has 0 unspecified atom stereocenters. The topological polar surface area (TPSA) is 145 Å². The molecule has 11 heteroatoms. The minimum atomic E-state index is -1.24. The van der Waals surface area contributed by atoms with Crippen LogP contribution in [0.5, 0.6) is 11.6 Å². The highest BCUT2D eigenvalue weighted by atomic mass is 19.1. The van der Waals surface area contributed by atoms with Crippen molar-refractivity contribution in [2.24, 2.45) is 0 Å². The monoisotopic (exact) mass is 437 g/mol. The average molecular weight is 437 g/mol. The number of halogens is 1. The number of nitrogens with zero attached hydrogens (tertiary/aromatic N) is 5. The molecule has 0 atom stereocenters. The van der Waals surface area contributed by atoms with Crippen molar-refractivity contribution in [1.82, 2.24) is 19.7 Å². The van der Waals surface area contributed by atoms with Gasteiger partial charge in [0.15, 0.2) is 23.2 Å². The van der Waals surface area contributed by atoms with Crippen molar-refractivity contribution in [3.05, 3.63) is 54.3 Å². The first-order valence-corrected chi connectivity index (χ1v) is 9.63. The maximum atomic E-state index is 14.1. The van der Waals surface area contributed by atoms with Gasteiger partial charge in [0.2, 0.25) is 5.88 Å². The van der Waals surface area contributed by atoms with Gasteiger partial charge in [-0.25, -0.2) is 9.18 Å². The summed E-state index contributed by atoms with van der Waals surface area (Å²) in [5.74, 6) is -0.642. The molecule has 1 amide bonds. The number of nitrogens with two attached hydrogens (primary N) is 2. The number of fused-ring (bicyclic) bond motifs is 1. The second-order valence-corrected chi connectivity index (χ2v) is 7.16. The van der Waals surface area contributed by atoms with Crippen LogP contribution in [0, 0.1) is 5.82 Å². The third-order valence-electron chi connectivity index (χ3n) is 4.68. The minimum Gasteiger partial charge on any atom is -0.465 e. The van der Waals surface area contributed by atoms with Gasteiger partial charge in [-0.3, -0.25) is 4.90 Å². The Labute approximate surface area is 181 Å². The first-order valence-electron chi connectivity index (χ1n) is 9.63. The van der Waals surface area contributed by atoms with Crippen LogP contribution in [0.25, 0.3) is 16.9 Å². The number of anilines is 3. The van der Waals surface area contributed by atoms with Crippen molar-refractivity contribution in [3.8, 4) is 17.6 Å². The van der Waals surface area contributed by atoms with Gasteiger partial charge in [0.25, 0.3) is 5.95 Å². The van der Waals surface area contributed by atoms with E-state index in [0.29, 0.717) is 10.9 Å². The summed E-state index contributed by atoms with van der Waals surface area (Å²) in [7, 11) is 0. The number of para-hydroxylation sites is 2. The first kappa shape index (κ1) is 20.8. The largest absolute Gasteiger partial charge is 0.465 e. The van der Waals surface area contributed by atoms with Gasteiger partial charge >= 0.3 is 6.09 Å². The average Bonchev–Trinajstić information content (AvgIpc) is 3.10. The van der Waals surface area contributed by atoms with Crippen molar-refractivity contribution in [2.45, 2.75) is 19.9 Å². The van der Waals surface area contributed by atoms with Gasteiger partial charge in [-0.1, -0.05) is 24.3 Å². The Morgan fingerprint density at radius 2 is 1.72 bits per heavy atom. The molecule has 2 aromatic carbocycles. The zero-order chi connectivity index (χ0) is 23.0. The fraction of sp³-hybridized carbons (Fsp3) is 0.143. The SMILES string of the molecule is CC(C)N(C(=O)O)c1c(N)nc(-n2nc(Oc3ccccc3F)c3ccccc32)nc1N. The van der Waals surface area contributed by atoms with Crippen LogP contribution in [0.4, 0.5) is 26.5 Å². The van der Waals surface area contributed by atoms with E-state index in [9.17, 15) is 14.3 Å². The van der Waals surface area contributed by atoms with E-state index in [1.807, 2.05) is 0 Å². The number of benzene rings is 2. The molecule has 0 bridgehead atoms. The molecule has 5 N–H and O–H groups in total. The highest BCUT2D eigenvalue weighted by Crippen LogP contribution is 2.34. The van der Waals surface area contributed by atoms with Gasteiger partial charge in [-0.05, 0) is 38.1 Å². The molecule has 2 heterocycles. The fourth-order valence-corrected chi connectivity index (χ4v) is 3.29. The maximum Gasteiger partial charge on any atom is 0.412 e. The third kappa shape index (κ3) is 3.60. The predicted molar refractivity (Wildman–Crippen MR) is 118 cm³/mol. The Bertz CT molecular complexity index is 1300. The van der Waals surface area contributed by atoms with E-state index >= 15 is 0 Å². The summed E-state index contributed by atoms with van der Waals surface area (Å²) in [5.41, 5.74) is 12.7. The molecule has 0 spiro atoms. The van der Waals surface area contributed by atoms with Crippen molar-refractivity contribution >= 4 is 34.3 Å². The van der Waals surface area contributed by atoms with Gasteiger partial charge in [0.05, 0.1) is 10.9 Å². The zero-order valence-electron chi connectivity index (χ0n) is 17.2. The van der Waals surface area contributed by atoms with Gasteiger partial charge in [0, 0.05) is 6.04 Å². The van der Waals surface area contributed by atoms with Crippen LogP contribution in [0.15, 0.2) is 48.5 Å². The lowest BCUT2D eigenvalue weighted by Gasteiger charge is -2.25. The summed E-state index contributed by atoms with van der Waals surface area (Å²) in [5, 5.41) is 14.5. The van der Waals surface area contributed by atoms with Crippen LogP contribution < -0.4 is 21.1 Å². The van der Waals surface area contributed by atoms with Crippen molar-refractivity contribution in [2.75, 3.05) is 16.4 Å². The second kappa shape index (κ2) is 8.02. The number of aromatic nitrogens is 4. The van der Waals surface area contributed by atoms with Gasteiger partial charge in [0.1, 0.15) is 5.69 Å². The molecule has 0 saturated carbocycles. The normalized spacial score (nSPS) is 11.1. The Morgan fingerprint density at radius 1 is 1.09 bits per heavy atom. The molecular formula is C21H20FN7O3. The van der Waals surface area contributed by atoms with E-state index < -0.39 is 18.0 Å². The molecule has 0 fully saturated rings. The number of carboxylic acid groups (broad SMARTS) is 1. The van der Waals surface area contributed by atoms with Crippen LogP contribution in [0.2, 0.25) is 0 Å². The number of ether oxygens (including phenoxy) is 1. The highest BCUT2D eigenvalue weighted by Gasteiger charge is 2.26. The number of hydrogen-bond acceptors (Lipinski definition) is 7. The number of carbonyl (C=O) groups is 1. The van der Waals surface area contributed by atoms with Crippen LogP contribution in [0.1, 0.15) is 13.8 Å². The molecule has 0 radical (unpaired) electrons. The first-order chi connectivity index (χ1) is 15.3. The lowest BCUT2D eigenvalue weighted by molar-refractivity contribution is 0.200. The lowest BCUT2D eigenvalue weighted by Crippen LogP contribution is -2.37. The van der Waals surface area contributed by atoms with Gasteiger partial charge in [-0.2, -0.15) is 14.6 Å². The highest BCUT2D eigenvalue weighted by molar-refractivity contribution is 5.94. The van der Waals surface area contributed by atoms with Crippen LogP contribution in [0.3, 0.4) is 0 Å². The van der Waals surface area contributed by atoms with E-state index in [2.05, 4.69) is 15.1 Å². The second-order valence-electron chi connectivity index (χ2n) is 7.16. The number of hydrogen-bond donors (Lipinski definition) is 3. The molecule has 4 rings (SSSR count). The van der Waals surface area contributed by atoms with E-state index in [1.54, 1.807) is 50.2 Å². The van der Waals surface area contributed by atoms with E-state index in [0.717, 1.165) is 4.90 Å². The van der Waals surface area contributed by atoms with Crippen molar-refractivity contribution in [1.29, 1.82) is 0 Å². The van der Waals surface area contributed by atoms with E-state index in [-0.39, 0.29) is 34.9 Å². The Balaban J connectivity index is 1.84. The number of amides is 1. The Morgan fingerprint density at radius 3 is 2.34 bits per heavy atom. The standard InChI is InChI=1S/C21H20FN7O3/c1-11(2)28(21(30)31)16-17(23)25-20(26-18(16)24)29-14-9-5-3-7-12(14)19(27-29)32-15-10-6-4-8-13(15)22/h3-11H,1-2H3,(H,30,31)(H4,23,24,25,26). The molecule has 10 nitrogen and oxygen atoms in total.